The van der Waals surface area contributed by atoms with Gasteiger partial charge in [0.15, 0.2) is 17.3 Å². The van der Waals surface area contributed by atoms with Crippen LogP contribution in [0.4, 0.5) is 0 Å². The number of aryl methyl sites for hydroxylation is 1. The van der Waals surface area contributed by atoms with Crippen molar-refractivity contribution in [2.75, 3.05) is 20.1 Å². The fourth-order valence-electron chi connectivity index (χ4n) is 4.75. The maximum Gasteiger partial charge on any atom is 0.231 e. The van der Waals surface area contributed by atoms with Crippen molar-refractivity contribution in [2.24, 2.45) is 0 Å². The number of hydrogen-bond acceptors (Lipinski definition) is 6. The summed E-state index contributed by atoms with van der Waals surface area (Å²) in [7, 11) is 0. The van der Waals surface area contributed by atoms with E-state index in [0.29, 0.717) is 35.3 Å². The molecule has 3 heterocycles. The van der Waals surface area contributed by atoms with E-state index in [-0.39, 0.29) is 12.6 Å². The van der Waals surface area contributed by atoms with Gasteiger partial charge >= 0.3 is 0 Å². The van der Waals surface area contributed by atoms with Crippen LogP contribution in [0.3, 0.4) is 0 Å². The van der Waals surface area contributed by atoms with Gasteiger partial charge in [0.25, 0.3) is 0 Å². The number of hydrogen-bond donors (Lipinski definition) is 0. The lowest BCUT2D eigenvalue weighted by Gasteiger charge is -2.30. The average Bonchev–Trinajstić information content (AvgIpc) is 3.45. The highest BCUT2D eigenvalue weighted by Crippen LogP contribution is 2.43. The van der Waals surface area contributed by atoms with Crippen LogP contribution in [0.5, 0.6) is 23.0 Å². The molecule has 6 nitrogen and oxygen atoms in total. The Kier molecular flexibility index (Phi) is 5.23. The molecule has 3 aliphatic rings. The molecular weight excluding hydrogens is 430 g/mol. The molecule has 0 fully saturated rings. The van der Waals surface area contributed by atoms with Crippen molar-refractivity contribution >= 4 is 11.9 Å². The summed E-state index contributed by atoms with van der Waals surface area (Å²) < 4.78 is 23.0. The van der Waals surface area contributed by atoms with Crippen molar-refractivity contribution in [1.82, 2.24) is 4.90 Å². The zero-order valence-electron chi connectivity index (χ0n) is 19.0. The lowest BCUT2D eigenvalue weighted by Crippen LogP contribution is -2.33. The second-order valence-electron chi connectivity index (χ2n) is 8.83. The molecule has 0 atom stereocenters. The molecule has 0 bridgehead atoms. The van der Waals surface area contributed by atoms with Crippen molar-refractivity contribution < 1.29 is 23.7 Å². The van der Waals surface area contributed by atoms with Crippen LogP contribution in [-0.2, 0) is 13.0 Å². The van der Waals surface area contributed by atoms with Gasteiger partial charge in [0.2, 0.25) is 12.6 Å². The molecule has 0 aliphatic carbocycles. The fraction of sp³-hybridized carbons (Fsp3) is 0.250. The van der Waals surface area contributed by atoms with Gasteiger partial charge in [-0.05, 0) is 55.2 Å². The molecule has 172 valence electrons. The van der Waals surface area contributed by atoms with E-state index >= 15 is 0 Å². The first-order valence-electron chi connectivity index (χ1n) is 11.5. The second-order valence-corrected chi connectivity index (χ2v) is 8.83. The Morgan fingerprint density at radius 3 is 2.71 bits per heavy atom. The number of ether oxygens (including phenoxy) is 4. The molecule has 3 aliphatic heterocycles. The average molecular weight is 456 g/mol. The van der Waals surface area contributed by atoms with E-state index in [1.807, 2.05) is 37.3 Å². The molecule has 6 heteroatoms. The quantitative estimate of drug-likeness (QED) is 0.498. The van der Waals surface area contributed by atoms with Gasteiger partial charge in [-0.1, -0.05) is 36.4 Å². The van der Waals surface area contributed by atoms with Crippen LogP contribution in [0.25, 0.3) is 6.08 Å². The van der Waals surface area contributed by atoms with Gasteiger partial charge in [-0.2, -0.15) is 0 Å². The zero-order chi connectivity index (χ0) is 23.1. The third-order valence-corrected chi connectivity index (χ3v) is 6.48. The first kappa shape index (κ1) is 20.8. The molecule has 0 saturated heterocycles. The predicted octanol–water partition coefficient (Wildman–Crippen LogP) is 5.12. The first-order chi connectivity index (χ1) is 16.7. The van der Waals surface area contributed by atoms with Crippen LogP contribution in [0.15, 0.2) is 60.4 Å². The highest BCUT2D eigenvalue weighted by atomic mass is 16.7. The van der Waals surface area contributed by atoms with Crippen LogP contribution in [0.2, 0.25) is 0 Å². The maximum absolute atomic E-state index is 13.2. The van der Waals surface area contributed by atoms with Crippen molar-refractivity contribution in [3.8, 4) is 23.0 Å². The van der Waals surface area contributed by atoms with Gasteiger partial charge in [-0.25, -0.2) is 0 Å². The van der Waals surface area contributed by atoms with E-state index < -0.39 is 0 Å². The Bertz CT molecular complexity index is 1300. The monoisotopic (exact) mass is 455 g/mol. The van der Waals surface area contributed by atoms with Crippen molar-refractivity contribution in [2.45, 2.75) is 26.3 Å². The third-order valence-electron chi connectivity index (χ3n) is 6.48. The summed E-state index contributed by atoms with van der Waals surface area (Å²) >= 11 is 0. The van der Waals surface area contributed by atoms with Gasteiger partial charge in [0.1, 0.15) is 18.2 Å². The predicted molar refractivity (Wildman–Crippen MR) is 127 cm³/mol. The topological polar surface area (TPSA) is 57.2 Å². The highest BCUT2D eigenvalue weighted by molar-refractivity contribution is 6.15. The first-order valence-corrected chi connectivity index (χ1v) is 11.5. The molecule has 0 radical (unpaired) electrons. The number of benzene rings is 3. The van der Waals surface area contributed by atoms with E-state index in [2.05, 4.69) is 29.2 Å². The van der Waals surface area contributed by atoms with Crippen LogP contribution in [0, 0.1) is 6.92 Å². The zero-order valence-corrected chi connectivity index (χ0v) is 19.0. The number of carbonyl (C=O) groups is 1. The molecule has 0 spiro atoms. The Morgan fingerprint density at radius 2 is 1.82 bits per heavy atom. The van der Waals surface area contributed by atoms with Crippen molar-refractivity contribution in [3.63, 3.8) is 0 Å². The number of rotatable bonds is 5. The Labute approximate surface area is 198 Å². The number of carbonyl (C=O) groups excluding carboxylic acids is 1. The van der Waals surface area contributed by atoms with E-state index in [1.165, 1.54) is 5.56 Å². The summed E-state index contributed by atoms with van der Waals surface area (Å²) in [6.07, 6.45) is 3.84. The van der Waals surface area contributed by atoms with Gasteiger partial charge < -0.3 is 18.9 Å². The molecule has 0 amide bonds. The molecule has 6 rings (SSSR count). The molecular formula is C28H25NO5. The Hall–Kier alpha value is -3.77. The van der Waals surface area contributed by atoms with Crippen LogP contribution < -0.4 is 18.9 Å². The lowest BCUT2D eigenvalue weighted by atomic mass is 10.00. The standard InChI is InChI=1S/C28H25NO5/c1-18-27-21(15-29(16-31-27)11-5-8-19-6-3-2-4-7-19)14-22-26(30)25(34-28(18)22)13-20-9-10-23-24(12-20)33-17-32-23/h2-4,6-7,9-10,12-14H,5,8,11,15-17H2,1H3/b25-13-. The van der Waals surface area contributed by atoms with Crippen LogP contribution in [-0.4, -0.2) is 30.8 Å². The summed E-state index contributed by atoms with van der Waals surface area (Å²) in [5, 5.41) is 0. The van der Waals surface area contributed by atoms with Crippen LogP contribution >= 0.6 is 0 Å². The van der Waals surface area contributed by atoms with Gasteiger partial charge in [0.05, 0.1) is 5.56 Å². The molecule has 0 saturated carbocycles. The number of ketones is 1. The molecule has 3 aromatic rings. The lowest BCUT2D eigenvalue weighted by molar-refractivity contribution is 0.0932. The van der Waals surface area contributed by atoms with Gasteiger partial charge in [-0.3, -0.25) is 9.69 Å². The third kappa shape index (κ3) is 3.80. The highest BCUT2D eigenvalue weighted by Gasteiger charge is 2.33. The summed E-state index contributed by atoms with van der Waals surface area (Å²) in [5.41, 5.74) is 4.67. The van der Waals surface area contributed by atoms with E-state index in [4.69, 9.17) is 18.9 Å². The molecule has 3 aromatic carbocycles. The minimum Gasteiger partial charge on any atom is -0.477 e. The van der Waals surface area contributed by atoms with Gasteiger partial charge in [-0.15, -0.1) is 0 Å². The fourth-order valence-corrected chi connectivity index (χ4v) is 4.75. The van der Waals surface area contributed by atoms with Gasteiger partial charge in [0, 0.05) is 24.2 Å². The summed E-state index contributed by atoms with van der Waals surface area (Å²) in [5.74, 6) is 2.99. The summed E-state index contributed by atoms with van der Waals surface area (Å²) in [6, 6.07) is 18.0. The molecule has 0 aromatic heterocycles. The van der Waals surface area contributed by atoms with E-state index in [0.717, 1.165) is 48.4 Å². The Balaban J connectivity index is 1.19. The molecule has 0 N–H and O–H groups in total. The van der Waals surface area contributed by atoms with E-state index in [1.54, 1.807) is 6.08 Å². The number of nitrogens with zero attached hydrogens (tertiary/aromatic N) is 1. The largest absolute Gasteiger partial charge is 0.477 e. The summed E-state index contributed by atoms with van der Waals surface area (Å²) in [6.45, 7) is 4.40. The maximum atomic E-state index is 13.2. The SMILES string of the molecule is Cc1c2c(cc3c1O/C(=C\c1ccc4c(c1)OCO4)C3=O)CN(CCCc1ccccc1)CO2. The Morgan fingerprint density at radius 1 is 0.971 bits per heavy atom. The van der Waals surface area contributed by atoms with E-state index in [9.17, 15) is 4.79 Å². The smallest absolute Gasteiger partial charge is 0.231 e. The summed E-state index contributed by atoms with van der Waals surface area (Å²) in [4.78, 5) is 15.5. The minimum absolute atomic E-state index is 0.111. The molecule has 34 heavy (non-hydrogen) atoms. The number of fused-ring (bicyclic) bond motifs is 3. The number of allylic oxidation sites excluding steroid dienone is 1. The molecule has 0 unspecified atom stereocenters. The van der Waals surface area contributed by atoms with Crippen molar-refractivity contribution in [3.05, 3.63) is 88.2 Å². The van der Waals surface area contributed by atoms with Crippen molar-refractivity contribution in [1.29, 1.82) is 0 Å². The number of Topliss-reactive ketones (excluding diaryl/α,β-unsaturated/α-hetero) is 1. The van der Waals surface area contributed by atoms with Crippen LogP contribution in [0.1, 0.15) is 39.0 Å². The normalized spacial score (nSPS) is 17.3. The minimum atomic E-state index is -0.111. The second kappa shape index (κ2) is 8.54.